The summed E-state index contributed by atoms with van der Waals surface area (Å²) in [6.45, 7) is 0. The van der Waals surface area contributed by atoms with E-state index in [0.717, 1.165) is 25.7 Å². The average Bonchev–Trinajstić information content (AvgIpc) is 2.20. The molecule has 2 rings (SSSR count). The highest BCUT2D eigenvalue weighted by Crippen LogP contribution is 2.26. The zero-order valence-corrected chi connectivity index (χ0v) is 8.35. The van der Waals surface area contributed by atoms with E-state index in [4.69, 9.17) is 0 Å². The van der Waals surface area contributed by atoms with Crippen LogP contribution in [-0.4, -0.2) is 20.8 Å². The lowest BCUT2D eigenvalue weighted by Gasteiger charge is -2.28. The Hall–Kier alpha value is -1.36. The minimum atomic E-state index is -0.484. The molecule has 1 aromatic rings. The fraction of sp³-hybridized carbons (Fsp3) is 0.600. The molecule has 1 aliphatic carbocycles. The maximum absolute atomic E-state index is 11.5. The number of aliphatic hydroxyl groups is 1. The predicted octanol–water partition coefficient (Wildman–Crippen LogP) is 0.0126. The van der Waals surface area contributed by atoms with Crippen LogP contribution < -0.4 is 11.2 Å². The van der Waals surface area contributed by atoms with E-state index in [1.165, 1.54) is 16.8 Å². The molecule has 0 radical (unpaired) electrons. The summed E-state index contributed by atoms with van der Waals surface area (Å²) >= 11 is 0. The molecular formula is C10H14N2O3. The largest absolute Gasteiger partial charge is 0.391 e. The molecule has 0 spiro atoms. The van der Waals surface area contributed by atoms with Crippen LogP contribution in [0.2, 0.25) is 0 Å². The first-order valence-corrected chi connectivity index (χ1v) is 5.18. The number of H-pyrrole nitrogens is 1. The van der Waals surface area contributed by atoms with Crippen molar-refractivity contribution in [2.45, 2.75) is 37.8 Å². The van der Waals surface area contributed by atoms with Crippen LogP contribution >= 0.6 is 0 Å². The Balaban J connectivity index is 2.36. The Kier molecular flexibility index (Phi) is 2.73. The van der Waals surface area contributed by atoms with Crippen LogP contribution in [-0.2, 0) is 0 Å². The van der Waals surface area contributed by atoms with Crippen molar-refractivity contribution in [1.82, 2.24) is 9.55 Å². The minimum Gasteiger partial charge on any atom is -0.391 e. The van der Waals surface area contributed by atoms with Gasteiger partial charge in [0.2, 0.25) is 0 Å². The Bertz CT molecular complexity index is 448. The molecule has 0 aliphatic heterocycles. The van der Waals surface area contributed by atoms with E-state index in [9.17, 15) is 14.7 Å². The molecular weight excluding hydrogens is 196 g/mol. The second-order valence-electron chi connectivity index (χ2n) is 3.94. The Morgan fingerprint density at radius 3 is 2.73 bits per heavy atom. The van der Waals surface area contributed by atoms with Gasteiger partial charge in [-0.3, -0.25) is 14.3 Å². The fourth-order valence-corrected chi connectivity index (χ4v) is 2.10. The first-order valence-electron chi connectivity index (χ1n) is 5.18. The summed E-state index contributed by atoms with van der Waals surface area (Å²) in [7, 11) is 0. The van der Waals surface area contributed by atoms with Gasteiger partial charge in [0.05, 0.1) is 12.1 Å². The van der Waals surface area contributed by atoms with Gasteiger partial charge in [-0.25, -0.2) is 4.79 Å². The zero-order chi connectivity index (χ0) is 10.8. The molecule has 2 N–H and O–H groups in total. The van der Waals surface area contributed by atoms with Crippen LogP contribution in [0.3, 0.4) is 0 Å². The lowest BCUT2D eigenvalue weighted by molar-refractivity contribution is 0.0730. The van der Waals surface area contributed by atoms with Gasteiger partial charge in [-0.1, -0.05) is 12.8 Å². The van der Waals surface area contributed by atoms with Crippen molar-refractivity contribution in [1.29, 1.82) is 0 Å². The molecule has 1 aromatic heterocycles. The Morgan fingerprint density at radius 2 is 2.07 bits per heavy atom. The van der Waals surface area contributed by atoms with Gasteiger partial charge in [0, 0.05) is 12.3 Å². The van der Waals surface area contributed by atoms with Crippen LogP contribution in [0.4, 0.5) is 0 Å². The third kappa shape index (κ3) is 2.02. The number of aromatic nitrogens is 2. The van der Waals surface area contributed by atoms with E-state index in [1.54, 1.807) is 0 Å². The number of nitrogens with one attached hydrogen (secondary N) is 1. The first kappa shape index (κ1) is 10.2. The average molecular weight is 210 g/mol. The first-order chi connectivity index (χ1) is 7.18. The third-order valence-corrected chi connectivity index (χ3v) is 2.90. The quantitative estimate of drug-likeness (QED) is 0.685. The van der Waals surface area contributed by atoms with Crippen molar-refractivity contribution in [3.8, 4) is 0 Å². The molecule has 0 amide bonds. The van der Waals surface area contributed by atoms with Crippen LogP contribution in [0.5, 0.6) is 0 Å². The highest BCUT2D eigenvalue weighted by molar-refractivity contribution is 4.89. The lowest BCUT2D eigenvalue weighted by Crippen LogP contribution is -2.37. The Morgan fingerprint density at radius 1 is 1.33 bits per heavy atom. The summed E-state index contributed by atoms with van der Waals surface area (Å²) in [5.74, 6) is 0. The summed E-state index contributed by atoms with van der Waals surface area (Å²) in [5.41, 5.74) is -0.838. The van der Waals surface area contributed by atoms with Gasteiger partial charge in [0.25, 0.3) is 5.56 Å². The molecule has 5 heteroatoms. The lowest BCUT2D eigenvalue weighted by atomic mass is 9.92. The molecule has 0 unspecified atom stereocenters. The van der Waals surface area contributed by atoms with Crippen molar-refractivity contribution >= 4 is 0 Å². The number of rotatable bonds is 1. The van der Waals surface area contributed by atoms with E-state index < -0.39 is 17.4 Å². The topological polar surface area (TPSA) is 75.1 Å². The SMILES string of the molecule is O=c1ccn([C@@H]2CCCC[C@H]2O)c(=O)[nH]1. The standard InChI is InChI=1S/C10H14N2O3/c13-8-4-2-1-3-7(8)12-6-5-9(14)11-10(12)15/h5-8,13H,1-4H2,(H,11,14,15)/t7-,8-/m1/s1. The number of aliphatic hydroxyl groups excluding tert-OH is 1. The molecule has 0 aromatic carbocycles. The van der Waals surface area contributed by atoms with Gasteiger partial charge < -0.3 is 5.11 Å². The van der Waals surface area contributed by atoms with Gasteiger partial charge in [0.15, 0.2) is 0 Å². The smallest absolute Gasteiger partial charge is 0.328 e. The number of nitrogens with zero attached hydrogens (tertiary/aromatic N) is 1. The van der Waals surface area contributed by atoms with Crippen LogP contribution in [0, 0.1) is 0 Å². The second kappa shape index (κ2) is 4.02. The monoisotopic (exact) mass is 210 g/mol. The molecule has 82 valence electrons. The molecule has 15 heavy (non-hydrogen) atoms. The fourth-order valence-electron chi connectivity index (χ4n) is 2.10. The van der Waals surface area contributed by atoms with Crippen LogP contribution in [0.25, 0.3) is 0 Å². The highest BCUT2D eigenvalue weighted by atomic mass is 16.3. The summed E-state index contributed by atoms with van der Waals surface area (Å²) in [4.78, 5) is 24.6. The van der Waals surface area contributed by atoms with Gasteiger partial charge in [-0.05, 0) is 12.8 Å². The minimum absolute atomic E-state index is 0.192. The van der Waals surface area contributed by atoms with Gasteiger partial charge in [0.1, 0.15) is 0 Å². The molecule has 1 aliphatic rings. The molecule has 1 heterocycles. The zero-order valence-electron chi connectivity index (χ0n) is 8.35. The van der Waals surface area contributed by atoms with Crippen LogP contribution in [0.1, 0.15) is 31.7 Å². The Labute approximate surface area is 86.4 Å². The summed E-state index contributed by atoms with van der Waals surface area (Å²) in [6.07, 6.45) is 4.48. The highest BCUT2D eigenvalue weighted by Gasteiger charge is 2.25. The molecule has 0 saturated heterocycles. The van der Waals surface area contributed by atoms with E-state index >= 15 is 0 Å². The van der Waals surface area contributed by atoms with Crippen LogP contribution in [0.15, 0.2) is 21.9 Å². The van der Waals surface area contributed by atoms with Crippen molar-refractivity contribution < 1.29 is 5.11 Å². The normalized spacial score (nSPS) is 26.5. The number of hydrogen-bond acceptors (Lipinski definition) is 3. The van der Waals surface area contributed by atoms with Crippen molar-refractivity contribution in [3.05, 3.63) is 33.1 Å². The molecule has 0 bridgehead atoms. The van der Waals surface area contributed by atoms with Gasteiger partial charge in [-0.2, -0.15) is 0 Å². The van der Waals surface area contributed by atoms with Crippen molar-refractivity contribution in [2.75, 3.05) is 0 Å². The predicted molar refractivity (Wildman–Crippen MR) is 54.8 cm³/mol. The molecule has 1 fully saturated rings. The third-order valence-electron chi connectivity index (χ3n) is 2.90. The maximum atomic E-state index is 11.5. The maximum Gasteiger partial charge on any atom is 0.328 e. The van der Waals surface area contributed by atoms with E-state index in [1.807, 2.05) is 0 Å². The number of hydrogen-bond donors (Lipinski definition) is 2. The van der Waals surface area contributed by atoms with E-state index in [0.29, 0.717) is 0 Å². The summed E-state index contributed by atoms with van der Waals surface area (Å²) in [6, 6.07) is 1.12. The van der Waals surface area contributed by atoms with Gasteiger partial charge >= 0.3 is 5.69 Å². The molecule has 1 saturated carbocycles. The summed E-state index contributed by atoms with van der Waals surface area (Å²) in [5, 5.41) is 9.76. The number of aromatic amines is 1. The second-order valence-corrected chi connectivity index (χ2v) is 3.94. The van der Waals surface area contributed by atoms with Crippen molar-refractivity contribution in [3.63, 3.8) is 0 Å². The summed E-state index contributed by atoms with van der Waals surface area (Å²) < 4.78 is 1.42. The molecule has 2 atom stereocenters. The molecule has 5 nitrogen and oxygen atoms in total. The van der Waals surface area contributed by atoms with E-state index in [2.05, 4.69) is 4.98 Å². The van der Waals surface area contributed by atoms with E-state index in [-0.39, 0.29) is 6.04 Å². The van der Waals surface area contributed by atoms with Gasteiger partial charge in [-0.15, -0.1) is 0 Å². The van der Waals surface area contributed by atoms with Crippen molar-refractivity contribution in [2.24, 2.45) is 0 Å².